The molecule has 0 bridgehead atoms. The molecule has 0 saturated heterocycles. The first-order valence-corrected chi connectivity index (χ1v) is 6.85. The van der Waals surface area contributed by atoms with Crippen LogP contribution in [0.3, 0.4) is 0 Å². The predicted molar refractivity (Wildman–Crippen MR) is 66.4 cm³/mol. The fourth-order valence-electron chi connectivity index (χ4n) is 1.85. The average molecular weight is 226 g/mol. The zero-order valence-corrected chi connectivity index (χ0v) is 11.0. The van der Waals surface area contributed by atoms with Gasteiger partial charge in [-0.15, -0.1) is 0 Å². The first kappa shape index (κ1) is 12.6. The van der Waals surface area contributed by atoms with Crippen molar-refractivity contribution in [2.45, 2.75) is 32.9 Å². The van der Waals surface area contributed by atoms with Gasteiger partial charge in [-0.1, -0.05) is 29.8 Å². The Kier molecular flexibility index (Phi) is 4.24. The molecule has 0 aromatic heterocycles. The highest BCUT2D eigenvalue weighted by Gasteiger charge is 2.50. The van der Waals surface area contributed by atoms with Crippen LogP contribution in [0.1, 0.15) is 27.7 Å². The lowest BCUT2D eigenvalue weighted by atomic mass is 9.91. The van der Waals surface area contributed by atoms with E-state index in [0.717, 1.165) is 13.1 Å². The molecule has 1 aliphatic carbocycles. The molecule has 0 N–H and O–H groups in total. The largest absolute Gasteiger partial charge is 0.445 e. The highest BCUT2D eigenvalue weighted by molar-refractivity contribution is 7.44. The van der Waals surface area contributed by atoms with Gasteiger partial charge < -0.3 is 0 Å². The van der Waals surface area contributed by atoms with Gasteiger partial charge in [0.15, 0.2) is 0 Å². The SMILES string of the molecule is CCN(CC)[P+](=O)C1(C)C=CC=CC1C. The first-order chi connectivity index (χ1) is 7.06. The van der Waals surface area contributed by atoms with Crippen LogP contribution in [-0.4, -0.2) is 22.9 Å². The fraction of sp³-hybridized carbons (Fsp3) is 0.667. The van der Waals surface area contributed by atoms with Crippen LogP contribution in [0.15, 0.2) is 24.3 Å². The van der Waals surface area contributed by atoms with Crippen LogP contribution in [-0.2, 0) is 4.57 Å². The minimum atomic E-state index is -1.34. The number of nitrogens with zero attached hydrogens (tertiary/aromatic N) is 1. The minimum Gasteiger partial charge on any atom is -0.0966 e. The van der Waals surface area contributed by atoms with Crippen LogP contribution in [0.2, 0.25) is 0 Å². The van der Waals surface area contributed by atoms with Crippen LogP contribution >= 0.6 is 7.95 Å². The van der Waals surface area contributed by atoms with E-state index in [1.165, 1.54) is 0 Å². The van der Waals surface area contributed by atoms with Gasteiger partial charge in [0.25, 0.3) is 0 Å². The lowest BCUT2D eigenvalue weighted by molar-refractivity contribution is 0.425. The van der Waals surface area contributed by atoms with Gasteiger partial charge in [0.1, 0.15) is 0 Å². The Morgan fingerprint density at radius 1 is 1.33 bits per heavy atom. The molecule has 0 spiro atoms. The molecule has 0 fully saturated rings. The Balaban J connectivity index is 2.90. The Bertz CT molecular complexity index is 294. The van der Waals surface area contributed by atoms with E-state index in [9.17, 15) is 4.57 Å². The summed E-state index contributed by atoms with van der Waals surface area (Å²) in [4.78, 5) is 0. The third-order valence-corrected chi connectivity index (χ3v) is 5.73. The number of rotatable bonds is 4. The lowest BCUT2D eigenvalue weighted by Crippen LogP contribution is -2.32. The lowest BCUT2D eigenvalue weighted by Gasteiger charge is -2.25. The van der Waals surface area contributed by atoms with Gasteiger partial charge in [-0.05, 0) is 31.4 Å². The molecule has 3 heteroatoms. The summed E-state index contributed by atoms with van der Waals surface area (Å²) < 4.78 is 14.5. The highest BCUT2D eigenvalue weighted by Crippen LogP contribution is 2.49. The van der Waals surface area contributed by atoms with Crippen molar-refractivity contribution in [1.82, 2.24) is 4.67 Å². The van der Waals surface area contributed by atoms with Crippen molar-refractivity contribution in [2.75, 3.05) is 13.1 Å². The molecule has 2 nitrogen and oxygen atoms in total. The molecule has 3 unspecified atom stereocenters. The van der Waals surface area contributed by atoms with E-state index in [1.807, 2.05) is 12.2 Å². The van der Waals surface area contributed by atoms with E-state index in [1.54, 1.807) is 0 Å². The van der Waals surface area contributed by atoms with Gasteiger partial charge in [-0.3, -0.25) is 0 Å². The first-order valence-electron chi connectivity index (χ1n) is 5.64. The van der Waals surface area contributed by atoms with Crippen molar-refractivity contribution in [1.29, 1.82) is 0 Å². The van der Waals surface area contributed by atoms with Gasteiger partial charge in [-0.25, -0.2) is 0 Å². The quantitative estimate of drug-likeness (QED) is 0.683. The standard InChI is InChI=1S/C12H21NOP/c1-5-13(6-2)15(14)12(4)10-8-7-9-11(12)3/h7-11H,5-6H2,1-4H3/q+1. The molecule has 3 atom stereocenters. The smallest absolute Gasteiger partial charge is 0.0966 e. The maximum atomic E-state index is 12.5. The normalized spacial score (nSPS) is 31.0. The zero-order valence-electron chi connectivity index (χ0n) is 10.1. The summed E-state index contributed by atoms with van der Waals surface area (Å²) in [6.45, 7) is 10.1. The summed E-state index contributed by atoms with van der Waals surface area (Å²) in [5, 5.41) is -0.212. The Morgan fingerprint density at radius 2 is 1.93 bits per heavy atom. The second-order valence-electron chi connectivity index (χ2n) is 4.17. The molecular formula is C12H21NOP+. The van der Waals surface area contributed by atoms with Crippen LogP contribution < -0.4 is 0 Å². The van der Waals surface area contributed by atoms with Crippen molar-refractivity contribution < 1.29 is 4.57 Å². The van der Waals surface area contributed by atoms with E-state index >= 15 is 0 Å². The van der Waals surface area contributed by atoms with Crippen molar-refractivity contribution in [3.8, 4) is 0 Å². The molecule has 84 valence electrons. The van der Waals surface area contributed by atoms with Gasteiger partial charge in [-0.2, -0.15) is 0 Å². The monoisotopic (exact) mass is 226 g/mol. The summed E-state index contributed by atoms with van der Waals surface area (Å²) in [6, 6.07) is 0. The Labute approximate surface area is 93.9 Å². The maximum Gasteiger partial charge on any atom is 0.445 e. The van der Waals surface area contributed by atoms with Crippen molar-refractivity contribution >= 4 is 7.95 Å². The van der Waals surface area contributed by atoms with E-state index in [0.29, 0.717) is 5.92 Å². The van der Waals surface area contributed by atoms with E-state index in [-0.39, 0.29) is 5.16 Å². The molecule has 0 amide bonds. The highest BCUT2D eigenvalue weighted by atomic mass is 31.1. The van der Waals surface area contributed by atoms with Crippen LogP contribution in [0.25, 0.3) is 0 Å². The van der Waals surface area contributed by atoms with Gasteiger partial charge in [0.2, 0.25) is 5.16 Å². The summed E-state index contributed by atoms with van der Waals surface area (Å²) in [5.41, 5.74) is 0. The second kappa shape index (κ2) is 5.05. The number of hydrogen-bond acceptors (Lipinski definition) is 1. The average Bonchev–Trinajstić information content (AvgIpc) is 2.24. The molecule has 15 heavy (non-hydrogen) atoms. The van der Waals surface area contributed by atoms with Crippen molar-refractivity contribution in [3.05, 3.63) is 24.3 Å². The second-order valence-corrected chi connectivity index (χ2v) is 6.25. The topological polar surface area (TPSA) is 20.3 Å². The Morgan fingerprint density at radius 3 is 2.40 bits per heavy atom. The molecular weight excluding hydrogens is 205 g/mol. The van der Waals surface area contributed by atoms with E-state index in [4.69, 9.17) is 0 Å². The van der Waals surface area contributed by atoms with Gasteiger partial charge in [0, 0.05) is 19.0 Å². The molecule has 0 saturated carbocycles. The summed E-state index contributed by atoms with van der Waals surface area (Å²) in [7, 11) is -1.34. The molecule has 0 radical (unpaired) electrons. The molecule has 0 aromatic rings. The van der Waals surface area contributed by atoms with E-state index < -0.39 is 7.95 Å². The Hall–Kier alpha value is -0.460. The van der Waals surface area contributed by atoms with Crippen molar-refractivity contribution in [3.63, 3.8) is 0 Å². The fourth-order valence-corrected chi connectivity index (χ4v) is 3.62. The zero-order chi connectivity index (χ0) is 11.5. The van der Waals surface area contributed by atoms with Crippen LogP contribution in [0, 0.1) is 5.92 Å². The minimum absolute atomic E-state index is 0.212. The molecule has 1 rings (SSSR count). The predicted octanol–water partition coefficient (Wildman–Crippen LogP) is 3.59. The van der Waals surface area contributed by atoms with Crippen LogP contribution in [0.5, 0.6) is 0 Å². The molecule has 0 heterocycles. The molecule has 1 aliphatic rings. The van der Waals surface area contributed by atoms with Gasteiger partial charge in [0.05, 0.1) is 0 Å². The molecule has 0 aromatic carbocycles. The summed E-state index contributed by atoms with van der Waals surface area (Å²) >= 11 is 0. The number of hydrogen-bond donors (Lipinski definition) is 0. The summed E-state index contributed by atoms with van der Waals surface area (Å²) in [6.07, 6.45) is 8.28. The van der Waals surface area contributed by atoms with Crippen molar-refractivity contribution in [2.24, 2.45) is 5.92 Å². The third-order valence-electron chi connectivity index (χ3n) is 3.27. The van der Waals surface area contributed by atoms with Gasteiger partial charge >= 0.3 is 7.95 Å². The third kappa shape index (κ3) is 2.38. The summed E-state index contributed by atoms with van der Waals surface area (Å²) in [5.74, 6) is 0.340. The van der Waals surface area contributed by atoms with Crippen LogP contribution in [0.4, 0.5) is 0 Å². The molecule has 0 aliphatic heterocycles. The number of allylic oxidation sites excluding steroid dienone is 4. The maximum absolute atomic E-state index is 12.5. The van der Waals surface area contributed by atoms with E-state index in [2.05, 4.69) is 44.5 Å².